The number of amides is 4. The number of ether oxygens (including phenoxy) is 6. The standard InChI is InChI=1S/C12H23NO5Si.C12H21NO5Si.C10H17NO5Si.C6H11NO3/c2*1-17-11(15)10-7-9(14)8-13(10)12(16)18-5-6-19(2,3)4;1-17(2,3)7-6-15-10(14)16-11-8(12)4-5-9(11)13;1-10-6(9)5-2-4(8)3-7-5/h9-10,14H,5-8H2,1-4H3;10H,5-8H2,1-4H3;4-7H2,1-3H3;4-5,7-8H,2-3H2,1H3/t9-,10+;10-;;4-,5+/m10.1/s1. The van der Waals surface area contributed by atoms with Gasteiger partial charge in [-0.1, -0.05) is 64.0 Å². The molecule has 4 amide bonds. The molecule has 3 N–H and O–H groups in total. The van der Waals surface area contributed by atoms with E-state index in [-0.39, 0.29) is 63.2 Å². The lowest BCUT2D eigenvalue weighted by atomic mass is 10.2. The number of Topliss-reactive ketones (excluding diaryl/α,β-unsaturated/α-hetero) is 1. The Labute approximate surface area is 384 Å². The van der Waals surface area contributed by atoms with Crippen LogP contribution in [0.5, 0.6) is 0 Å². The van der Waals surface area contributed by atoms with Crippen LogP contribution >= 0.6 is 0 Å². The molecule has 4 saturated heterocycles. The molecule has 0 spiro atoms. The van der Waals surface area contributed by atoms with Gasteiger partial charge in [0.05, 0.1) is 66.4 Å². The monoisotopic (exact) mass is 980 g/mol. The molecule has 4 fully saturated rings. The van der Waals surface area contributed by atoms with Crippen molar-refractivity contribution in [2.24, 2.45) is 0 Å². The summed E-state index contributed by atoms with van der Waals surface area (Å²) in [6, 6.07) is 0.655. The van der Waals surface area contributed by atoms with Crippen molar-refractivity contribution < 1.29 is 86.6 Å². The molecule has 65 heavy (non-hydrogen) atoms. The maximum absolute atomic E-state index is 11.9. The van der Waals surface area contributed by atoms with E-state index in [1.54, 1.807) is 0 Å². The molecule has 0 bridgehead atoms. The molecule has 25 heteroatoms. The van der Waals surface area contributed by atoms with Gasteiger partial charge in [-0.05, 0) is 18.1 Å². The maximum Gasteiger partial charge on any atom is 0.533 e. The normalized spacial score (nSPS) is 21.7. The highest BCUT2D eigenvalue weighted by molar-refractivity contribution is 6.76. The van der Waals surface area contributed by atoms with Crippen molar-refractivity contribution in [1.29, 1.82) is 0 Å². The molecular formula is C40H72N4O18Si3. The number of aliphatic hydroxyl groups is 2. The summed E-state index contributed by atoms with van der Waals surface area (Å²) >= 11 is 0. The van der Waals surface area contributed by atoms with Crippen LogP contribution in [0.15, 0.2) is 0 Å². The van der Waals surface area contributed by atoms with E-state index in [1.807, 2.05) is 0 Å². The Balaban J connectivity index is 0.000000443. The van der Waals surface area contributed by atoms with E-state index >= 15 is 0 Å². The number of β-amino-alcohol motifs (C(OH)–C–C–N with tert-alkyl or cyclic N) is 2. The number of methoxy groups -OCH3 is 3. The number of nitrogens with one attached hydrogen (secondary N) is 1. The van der Waals surface area contributed by atoms with Gasteiger partial charge in [0.15, 0.2) is 5.78 Å². The number of aliphatic hydroxyl groups excluding tert-OH is 2. The van der Waals surface area contributed by atoms with E-state index in [0.717, 1.165) is 23.0 Å². The molecule has 0 saturated carbocycles. The zero-order valence-corrected chi connectivity index (χ0v) is 43.1. The Morgan fingerprint density at radius 1 is 0.615 bits per heavy atom. The van der Waals surface area contributed by atoms with Crippen molar-refractivity contribution in [2.45, 2.75) is 139 Å². The average Bonchev–Trinajstić information content (AvgIpc) is 4.00. The minimum Gasteiger partial charge on any atom is -0.468 e. The molecule has 0 aromatic heterocycles. The Morgan fingerprint density at radius 2 is 1.06 bits per heavy atom. The van der Waals surface area contributed by atoms with Gasteiger partial charge in [0.25, 0.3) is 11.8 Å². The second-order valence-electron chi connectivity index (χ2n) is 19.3. The van der Waals surface area contributed by atoms with Crippen molar-refractivity contribution >= 4 is 78.1 Å². The van der Waals surface area contributed by atoms with Crippen LogP contribution in [-0.4, -0.2) is 194 Å². The lowest BCUT2D eigenvalue weighted by molar-refractivity contribution is -0.177. The van der Waals surface area contributed by atoms with Crippen molar-refractivity contribution in [1.82, 2.24) is 20.2 Å². The zero-order valence-electron chi connectivity index (χ0n) is 40.1. The molecule has 0 radical (unpaired) electrons. The molecule has 0 aromatic carbocycles. The number of carbonyl (C=O) groups is 9. The van der Waals surface area contributed by atoms with Crippen molar-refractivity contribution in [2.75, 3.05) is 60.8 Å². The average molecular weight is 981 g/mol. The predicted molar refractivity (Wildman–Crippen MR) is 240 cm³/mol. The van der Waals surface area contributed by atoms with Crippen LogP contribution in [0.1, 0.15) is 32.1 Å². The second kappa shape index (κ2) is 27.3. The van der Waals surface area contributed by atoms with E-state index in [4.69, 9.17) is 19.3 Å². The van der Waals surface area contributed by atoms with Crippen LogP contribution in [0.25, 0.3) is 0 Å². The molecule has 4 rings (SSSR count). The highest BCUT2D eigenvalue weighted by Gasteiger charge is 2.42. The van der Waals surface area contributed by atoms with Crippen molar-refractivity contribution in [3.8, 4) is 0 Å². The fourth-order valence-electron chi connectivity index (χ4n) is 5.90. The van der Waals surface area contributed by atoms with Gasteiger partial charge in [-0.15, -0.1) is 0 Å². The number of ketones is 1. The van der Waals surface area contributed by atoms with Gasteiger partial charge in [0.2, 0.25) is 0 Å². The summed E-state index contributed by atoms with van der Waals surface area (Å²) in [6.45, 7) is 21.0. The first-order valence-electron chi connectivity index (χ1n) is 21.4. The molecule has 22 nitrogen and oxygen atoms in total. The number of hydroxylamine groups is 2. The molecule has 0 unspecified atom stereocenters. The Bertz CT molecular complexity index is 1630. The fourth-order valence-corrected chi connectivity index (χ4v) is 8.04. The summed E-state index contributed by atoms with van der Waals surface area (Å²) in [5.74, 6) is -2.55. The van der Waals surface area contributed by atoms with Crippen LogP contribution < -0.4 is 5.32 Å². The first-order chi connectivity index (χ1) is 30.0. The predicted octanol–water partition coefficient (Wildman–Crippen LogP) is 2.77. The molecule has 372 valence electrons. The number of esters is 3. The molecule has 4 aliphatic heterocycles. The zero-order chi connectivity index (χ0) is 49.9. The third kappa shape index (κ3) is 23.0. The van der Waals surface area contributed by atoms with Gasteiger partial charge in [0.1, 0.15) is 18.1 Å². The summed E-state index contributed by atoms with van der Waals surface area (Å²) in [5, 5.41) is 21.9. The van der Waals surface area contributed by atoms with Crippen LogP contribution in [-0.2, 0) is 62.0 Å². The van der Waals surface area contributed by atoms with Gasteiger partial charge in [-0.25, -0.2) is 24.0 Å². The number of rotatable bonds is 13. The minimum absolute atomic E-state index is 0.00972. The summed E-state index contributed by atoms with van der Waals surface area (Å²) in [6.07, 6.45) is -2.41. The van der Waals surface area contributed by atoms with Gasteiger partial charge in [0, 0.05) is 62.9 Å². The molecule has 0 aromatic rings. The van der Waals surface area contributed by atoms with E-state index in [0.29, 0.717) is 31.2 Å². The Kier molecular flexibility index (Phi) is 24.6. The highest BCUT2D eigenvalue weighted by Crippen LogP contribution is 2.21. The Hall–Kier alpha value is -4.44. The van der Waals surface area contributed by atoms with Crippen molar-refractivity contribution in [3.63, 3.8) is 0 Å². The summed E-state index contributed by atoms with van der Waals surface area (Å²) in [4.78, 5) is 109. The van der Waals surface area contributed by atoms with Gasteiger partial charge in [-0.2, -0.15) is 0 Å². The number of hydrogen-bond donors (Lipinski definition) is 3. The lowest BCUT2D eigenvalue weighted by Crippen LogP contribution is -2.42. The van der Waals surface area contributed by atoms with Crippen LogP contribution in [0.4, 0.5) is 14.4 Å². The number of likely N-dealkylation sites (tertiary alicyclic amines) is 2. The van der Waals surface area contributed by atoms with Gasteiger partial charge >= 0.3 is 36.2 Å². The minimum atomic E-state index is -1.28. The number of nitrogens with zero attached hydrogens (tertiary/aromatic N) is 3. The third-order valence-corrected chi connectivity index (χ3v) is 14.9. The third-order valence-electron chi connectivity index (χ3n) is 9.83. The largest absolute Gasteiger partial charge is 0.533 e. The van der Waals surface area contributed by atoms with Crippen LogP contribution in [0.3, 0.4) is 0 Å². The van der Waals surface area contributed by atoms with E-state index in [1.165, 1.54) is 26.2 Å². The number of carbonyl (C=O) groups excluding carboxylic acids is 9. The highest BCUT2D eigenvalue weighted by atomic mass is 28.3. The molecule has 5 atom stereocenters. The quantitative estimate of drug-likeness (QED) is 0.104. The van der Waals surface area contributed by atoms with Crippen LogP contribution in [0, 0.1) is 0 Å². The summed E-state index contributed by atoms with van der Waals surface area (Å²) in [5.41, 5.74) is 0. The van der Waals surface area contributed by atoms with E-state index in [9.17, 15) is 48.3 Å². The maximum atomic E-state index is 11.9. The first-order valence-corrected chi connectivity index (χ1v) is 32.6. The van der Waals surface area contributed by atoms with Gasteiger partial charge in [-0.3, -0.25) is 33.8 Å². The summed E-state index contributed by atoms with van der Waals surface area (Å²) in [7, 11) is 0.0314. The SMILES string of the molecule is COC(=O)[C@@H]1CC(=O)CN1C(=O)OCC[Si](C)(C)C.COC(=O)[C@@H]1C[C@@H](O)CN1.COC(=O)[C@@H]1C[C@@H](O)CN1C(=O)OCC[Si](C)(C)C.C[Si](C)(C)CCOC(=O)ON1C(=O)CCC1=O. The Morgan fingerprint density at radius 3 is 1.49 bits per heavy atom. The lowest BCUT2D eigenvalue weighted by Gasteiger charge is -2.22. The topological polar surface area (TPSA) is 280 Å². The summed E-state index contributed by atoms with van der Waals surface area (Å²) < 4.78 is 28.8. The molecule has 4 heterocycles. The fraction of sp³-hybridized carbons (Fsp3) is 0.775. The first kappa shape index (κ1) is 58.6. The molecule has 0 aliphatic carbocycles. The van der Waals surface area contributed by atoms with E-state index in [2.05, 4.69) is 83.3 Å². The second-order valence-corrected chi connectivity index (χ2v) is 36.2. The number of imide groups is 1. The number of hydrogen-bond acceptors (Lipinski definition) is 19. The molecule has 4 aliphatic rings. The van der Waals surface area contributed by atoms with Crippen LogP contribution in [0.2, 0.25) is 77.1 Å². The van der Waals surface area contributed by atoms with Crippen molar-refractivity contribution in [3.05, 3.63) is 0 Å². The van der Waals surface area contributed by atoms with E-state index < -0.39 is 90.6 Å². The molecular weight excluding hydrogens is 909 g/mol. The van der Waals surface area contributed by atoms with Gasteiger partial charge < -0.3 is 44.0 Å². The smallest absolute Gasteiger partial charge is 0.468 e.